The Morgan fingerprint density at radius 2 is 1.95 bits per heavy atom. The molecule has 0 saturated heterocycles. The second-order valence-electron chi connectivity index (χ2n) is 3.70. The molecule has 0 radical (unpaired) electrons. The van der Waals surface area contributed by atoms with Crippen molar-refractivity contribution in [2.24, 2.45) is 0 Å². The van der Waals surface area contributed by atoms with Crippen LogP contribution >= 0.6 is 7.60 Å². The van der Waals surface area contributed by atoms with Crippen LogP contribution in [0.25, 0.3) is 0 Å². The smallest absolute Gasteiger partial charge is 0.341 e. The molecule has 1 aromatic heterocycles. The molecule has 1 rings (SSSR count). The number of hydrogen-bond donors (Lipinski definition) is 0. The minimum Gasteiger partial charge on any atom is -0.465 e. The predicted molar refractivity (Wildman–Crippen MR) is 70.0 cm³/mol. The highest BCUT2D eigenvalue weighted by Gasteiger charge is 2.30. The molecule has 8 heteroatoms. The standard InChI is InChI=1S/C12H17O7P/c1-4-17-20(15,18-5-2)8-11-10(12(14)16-3)6-9(7-13)19-11/h6-7H,4-5,8H2,1-3H3. The summed E-state index contributed by atoms with van der Waals surface area (Å²) in [6, 6.07) is 1.23. The highest BCUT2D eigenvalue weighted by molar-refractivity contribution is 7.53. The maximum absolute atomic E-state index is 12.4. The molecule has 1 heterocycles. The first kappa shape index (κ1) is 16.6. The van der Waals surface area contributed by atoms with Crippen LogP contribution in [-0.2, 0) is 24.5 Å². The number of methoxy groups -OCH3 is 1. The molecule has 1 aromatic rings. The second kappa shape index (κ2) is 7.38. The molecule has 0 aliphatic heterocycles. The van der Waals surface area contributed by atoms with E-state index >= 15 is 0 Å². The van der Waals surface area contributed by atoms with Crippen molar-refractivity contribution in [3.8, 4) is 0 Å². The second-order valence-corrected chi connectivity index (χ2v) is 5.75. The summed E-state index contributed by atoms with van der Waals surface area (Å²) < 4.78 is 32.4. The van der Waals surface area contributed by atoms with Gasteiger partial charge in [-0.3, -0.25) is 9.36 Å². The Morgan fingerprint density at radius 3 is 2.40 bits per heavy atom. The Bertz CT molecular complexity index is 510. The van der Waals surface area contributed by atoms with Gasteiger partial charge in [0.15, 0.2) is 12.0 Å². The molecule has 0 fully saturated rings. The average molecular weight is 304 g/mol. The number of carbonyl (C=O) groups excluding carboxylic acids is 2. The zero-order valence-electron chi connectivity index (χ0n) is 11.6. The Kier molecular flexibility index (Phi) is 6.13. The predicted octanol–water partition coefficient (Wildman–Crippen LogP) is 2.64. The molecular formula is C12H17O7P. The Hall–Kier alpha value is -1.43. The van der Waals surface area contributed by atoms with E-state index in [4.69, 9.17) is 13.5 Å². The van der Waals surface area contributed by atoms with Crippen molar-refractivity contribution >= 4 is 19.9 Å². The normalized spacial score (nSPS) is 11.3. The van der Waals surface area contributed by atoms with Gasteiger partial charge in [0.05, 0.1) is 20.3 Å². The van der Waals surface area contributed by atoms with Crippen LogP contribution in [0, 0.1) is 0 Å². The molecular weight excluding hydrogens is 287 g/mol. The van der Waals surface area contributed by atoms with Gasteiger partial charge in [-0.05, 0) is 13.8 Å². The summed E-state index contributed by atoms with van der Waals surface area (Å²) in [5.41, 5.74) is 0.0363. The van der Waals surface area contributed by atoms with Crippen LogP contribution in [0.5, 0.6) is 0 Å². The van der Waals surface area contributed by atoms with Crippen molar-refractivity contribution in [2.75, 3.05) is 20.3 Å². The zero-order chi connectivity index (χ0) is 15.2. The van der Waals surface area contributed by atoms with Crippen LogP contribution in [-0.4, -0.2) is 32.6 Å². The number of hydrogen-bond acceptors (Lipinski definition) is 7. The van der Waals surface area contributed by atoms with E-state index in [1.165, 1.54) is 13.2 Å². The van der Waals surface area contributed by atoms with Gasteiger partial charge in [0, 0.05) is 6.07 Å². The van der Waals surface area contributed by atoms with Gasteiger partial charge in [0.2, 0.25) is 0 Å². The molecule has 20 heavy (non-hydrogen) atoms. The summed E-state index contributed by atoms with van der Waals surface area (Å²) in [4.78, 5) is 22.3. The molecule has 0 unspecified atom stereocenters. The van der Waals surface area contributed by atoms with E-state index in [0.717, 1.165) is 0 Å². The number of furan rings is 1. The number of rotatable bonds is 8. The fraction of sp³-hybridized carbons (Fsp3) is 0.500. The molecule has 0 atom stereocenters. The lowest BCUT2D eigenvalue weighted by molar-refractivity contribution is 0.0598. The largest absolute Gasteiger partial charge is 0.465 e. The number of aldehydes is 1. The first-order valence-corrected chi connectivity index (χ1v) is 7.76. The first-order valence-electron chi connectivity index (χ1n) is 6.04. The van der Waals surface area contributed by atoms with E-state index < -0.39 is 13.6 Å². The molecule has 112 valence electrons. The average Bonchev–Trinajstić information content (AvgIpc) is 2.81. The van der Waals surface area contributed by atoms with Gasteiger partial charge in [0.1, 0.15) is 17.5 Å². The van der Waals surface area contributed by atoms with Crippen LogP contribution in [0.4, 0.5) is 0 Å². The first-order chi connectivity index (χ1) is 9.49. The number of ether oxygens (including phenoxy) is 1. The molecule has 0 amide bonds. The molecule has 0 aliphatic rings. The summed E-state index contributed by atoms with van der Waals surface area (Å²) >= 11 is 0. The SMILES string of the molecule is CCOP(=O)(Cc1oc(C=O)cc1C(=O)OC)OCC. The van der Waals surface area contributed by atoms with Crippen molar-refractivity contribution < 1.29 is 32.4 Å². The van der Waals surface area contributed by atoms with Crippen LogP contribution in [0.3, 0.4) is 0 Å². The van der Waals surface area contributed by atoms with E-state index in [1.54, 1.807) is 13.8 Å². The lowest BCUT2D eigenvalue weighted by Crippen LogP contribution is -2.05. The third kappa shape index (κ3) is 4.03. The van der Waals surface area contributed by atoms with Gasteiger partial charge in [-0.2, -0.15) is 0 Å². The van der Waals surface area contributed by atoms with Crippen molar-refractivity contribution in [3.05, 3.63) is 23.2 Å². The number of carbonyl (C=O) groups is 2. The maximum Gasteiger partial charge on any atom is 0.341 e. The summed E-state index contributed by atoms with van der Waals surface area (Å²) in [6.45, 7) is 3.72. The van der Waals surface area contributed by atoms with Gasteiger partial charge in [0.25, 0.3) is 0 Å². The highest BCUT2D eigenvalue weighted by Crippen LogP contribution is 2.51. The Morgan fingerprint density at radius 1 is 1.35 bits per heavy atom. The highest BCUT2D eigenvalue weighted by atomic mass is 31.2. The van der Waals surface area contributed by atoms with Crippen LogP contribution in [0.1, 0.15) is 40.5 Å². The quantitative estimate of drug-likeness (QED) is 0.414. The Balaban J connectivity index is 3.11. The topological polar surface area (TPSA) is 92.0 Å². The van der Waals surface area contributed by atoms with Gasteiger partial charge in [-0.25, -0.2) is 4.79 Å². The molecule has 0 aliphatic carbocycles. The van der Waals surface area contributed by atoms with Crippen LogP contribution < -0.4 is 0 Å². The van der Waals surface area contributed by atoms with Crippen molar-refractivity contribution in [1.29, 1.82) is 0 Å². The summed E-state index contributed by atoms with van der Waals surface area (Å²) in [5, 5.41) is 0. The lowest BCUT2D eigenvalue weighted by Gasteiger charge is -2.16. The third-order valence-corrected chi connectivity index (χ3v) is 4.32. The fourth-order valence-electron chi connectivity index (χ4n) is 1.61. The van der Waals surface area contributed by atoms with Gasteiger partial charge in [-0.1, -0.05) is 0 Å². The maximum atomic E-state index is 12.4. The van der Waals surface area contributed by atoms with Crippen molar-refractivity contribution in [3.63, 3.8) is 0 Å². The minimum absolute atomic E-state index is 0.0363. The summed E-state index contributed by atoms with van der Waals surface area (Å²) in [7, 11) is -2.23. The summed E-state index contributed by atoms with van der Waals surface area (Å²) in [5.74, 6) is -0.694. The lowest BCUT2D eigenvalue weighted by atomic mass is 10.2. The van der Waals surface area contributed by atoms with E-state index in [2.05, 4.69) is 4.74 Å². The van der Waals surface area contributed by atoms with Crippen LogP contribution in [0.15, 0.2) is 10.5 Å². The van der Waals surface area contributed by atoms with Gasteiger partial charge < -0.3 is 18.2 Å². The third-order valence-electron chi connectivity index (χ3n) is 2.34. The molecule has 7 nitrogen and oxygen atoms in total. The molecule has 0 N–H and O–H groups in total. The molecule has 0 spiro atoms. The molecule has 0 aromatic carbocycles. The minimum atomic E-state index is -3.43. The van der Waals surface area contributed by atoms with Crippen LogP contribution in [0.2, 0.25) is 0 Å². The van der Waals surface area contributed by atoms with Gasteiger partial charge in [-0.15, -0.1) is 0 Å². The Labute approximate surface area is 116 Å². The van der Waals surface area contributed by atoms with Crippen molar-refractivity contribution in [2.45, 2.75) is 20.0 Å². The fourth-order valence-corrected chi connectivity index (χ4v) is 3.24. The van der Waals surface area contributed by atoms with E-state index in [-0.39, 0.29) is 36.5 Å². The number of esters is 1. The summed E-state index contributed by atoms with van der Waals surface area (Å²) in [6.07, 6.45) is 0.204. The molecule has 0 saturated carbocycles. The molecule has 0 bridgehead atoms. The monoisotopic (exact) mass is 304 g/mol. The van der Waals surface area contributed by atoms with Crippen molar-refractivity contribution in [1.82, 2.24) is 0 Å². The zero-order valence-corrected chi connectivity index (χ0v) is 12.5. The van der Waals surface area contributed by atoms with E-state index in [0.29, 0.717) is 6.29 Å². The van der Waals surface area contributed by atoms with Gasteiger partial charge >= 0.3 is 13.6 Å². The van der Waals surface area contributed by atoms with E-state index in [9.17, 15) is 14.2 Å². The van der Waals surface area contributed by atoms with E-state index in [1.807, 2.05) is 0 Å².